The van der Waals surface area contributed by atoms with Gasteiger partial charge in [-0.3, -0.25) is 29.0 Å². The van der Waals surface area contributed by atoms with Gasteiger partial charge in [-0.15, -0.1) is 0 Å². The van der Waals surface area contributed by atoms with E-state index in [0.29, 0.717) is 19.4 Å². The summed E-state index contributed by atoms with van der Waals surface area (Å²) in [6, 6.07) is 4.34. The lowest BCUT2D eigenvalue weighted by Crippen LogP contribution is -2.59. The lowest BCUT2D eigenvalue weighted by molar-refractivity contribution is -0.135. The number of primary amides is 1. The normalized spacial score (nSPS) is 14.4. The van der Waals surface area contributed by atoms with Crippen molar-refractivity contribution in [3.8, 4) is 0 Å². The minimum Gasteiger partial charge on any atom is -0.370 e. The number of rotatable bonds is 20. The molecule has 0 aromatic heterocycles. The molecule has 1 aromatic rings. The first-order valence-electron chi connectivity index (χ1n) is 15.5. The van der Waals surface area contributed by atoms with Crippen LogP contribution in [0.5, 0.6) is 0 Å². The fourth-order valence-electron chi connectivity index (χ4n) is 4.54. The maximum absolute atomic E-state index is 13.6. The van der Waals surface area contributed by atoms with Gasteiger partial charge in [-0.25, -0.2) is 0 Å². The number of nitrogens with zero attached hydrogens (tertiary/aromatic N) is 1. The fourth-order valence-corrected chi connectivity index (χ4v) is 4.54. The highest BCUT2D eigenvalue weighted by Crippen LogP contribution is 2.11. The maximum atomic E-state index is 13.6. The van der Waals surface area contributed by atoms with Crippen LogP contribution in [0, 0.1) is 11.8 Å². The Morgan fingerprint density at radius 2 is 1.13 bits per heavy atom. The second-order valence-corrected chi connectivity index (χ2v) is 12.2. The molecule has 0 aliphatic rings. The summed E-state index contributed by atoms with van der Waals surface area (Å²) in [7, 11) is 0. The molecular formula is C31H53N9O5. The SMILES string of the molecule is CC(C)C[C@H](NC(=O)[C@H](CC(C)C)NC(=O)[C@H](Cc1ccccc1)NC(=O)[C@H](C)N)C(=O)N[C@@H](CCCCN=C(N)N)C(N)=O. The number of nitrogens with one attached hydrogen (secondary N) is 4. The van der Waals surface area contributed by atoms with Crippen LogP contribution in [0.3, 0.4) is 0 Å². The van der Waals surface area contributed by atoms with Crippen LogP contribution >= 0.6 is 0 Å². The van der Waals surface area contributed by atoms with Crippen molar-refractivity contribution >= 4 is 35.5 Å². The van der Waals surface area contributed by atoms with E-state index >= 15 is 0 Å². The molecule has 252 valence electrons. The van der Waals surface area contributed by atoms with Crippen molar-refractivity contribution in [2.24, 2.45) is 39.8 Å². The summed E-state index contributed by atoms with van der Waals surface area (Å²) in [5, 5.41) is 10.9. The molecule has 1 rings (SSSR count). The Balaban J connectivity index is 3.10. The molecule has 1 aromatic carbocycles. The van der Waals surface area contributed by atoms with Crippen LogP contribution in [-0.2, 0) is 30.4 Å². The van der Waals surface area contributed by atoms with E-state index in [-0.39, 0.29) is 43.5 Å². The van der Waals surface area contributed by atoms with E-state index in [9.17, 15) is 24.0 Å². The third kappa shape index (κ3) is 15.9. The van der Waals surface area contributed by atoms with Crippen molar-refractivity contribution in [2.45, 2.75) is 103 Å². The molecular weight excluding hydrogens is 578 g/mol. The van der Waals surface area contributed by atoms with Crippen LogP contribution in [-0.4, -0.2) is 72.2 Å². The average molecular weight is 632 g/mol. The first-order chi connectivity index (χ1) is 21.1. The molecule has 0 saturated heterocycles. The van der Waals surface area contributed by atoms with Crippen LogP contribution < -0.4 is 44.2 Å². The van der Waals surface area contributed by atoms with E-state index in [4.69, 9.17) is 22.9 Å². The summed E-state index contributed by atoms with van der Waals surface area (Å²) in [6.07, 6.45) is 2.10. The molecule has 5 amide bonds. The zero-order valence-corrected chi connectivity index (χ0v) is 27.2. The second-order valence-electron chi connectivity index (χ2n) is 12.2. The summed E-state index contributed by atoms with van der Waals surface area (Å²) in [4.78, 5) is 68.9. The molecule has 0 bridgehead atoms. The molecule has 0 radical (unpaired) electrons. The standard InChI is InChI=1S/C31H53N9O5/c1-18(2)15-23(28(43)37-22(26(33)41)13-9-10-14-36-31(34)35)39-29(44)24(16-19(3)4)40-30(45)25(38-27(42)20(5)32)17-21-11-7-6-8-12-21/h6-8,11-12,18-20,22-25H,9-10,13-17,32H2,1-5H3,(H2,33,41)(H,37,43)(H,38,42)(H,39,44)(H,40,45)(H4,34,35,36)/t20-,22-,23-,24-,25-/m0/s1. The highest BCUT2D eigenvalue weighted by molar-refractivity contribution is 5.95. The summed E-state index contributed by atoms with van der Waals surface area (Å²) >= 11 is 0. The number of amides is 5. The topological polar surface area (TPSA) is 250 Å². The van der Waals surface area contributed by atoms with Gasteiger partial charge in [-0.05, 0) is 56.4 Å². The van der Waals surface area contributed by atoms with Gasteiger partial charge in [-0.2, -0.15) is 0 Å². The van der Waals surface area contributed by atoms with Crippen molar-refractivity contribution in [1.82, 2.24) is 21.3 Å². The first-order valence-corrected chi connectivity index (χ1v) is 15.5. The second kappa shape index (κ2) is 20.0. The zero-order valence-electron chi connectivity index (χ0n) is 27.2. The maximum Gasteiger partial charge on any atom is 0.243 e. The van der Waals surface area contributed by atoms with Gasteiger partial charge in [0.15, 0.2) is 5.96 Å². The molecule has 0 spiro atoms. The minimum atomic E-state index is -1.01. The van der Waals surface area contributed by atoms with E-state index in [1.54, 1.807) is 0 Å². The van der Waals surface area contributed by atoms with Gasteiger partial charge in [0.05, 0.1) is 6.04 Å². The van der Waals surface area contributed by atoms with Crippen molar-refractivity contribution in [1.29, 1.82) is 0 Å². The Hall–Kier alpha value is -4.20. The highest BCUT2D eigenvalue weighted by Gasteiger charge is 2.32. The number of benzene rings is 1. The Kier molecular flexibility index (Phi) is 17.2. The molecule has 12 N–H and O–H groups in total. The summed E-state index contributed by atoms with van der Waals surface area (Å²) < 4.78 is 0. The Labute approximate surface area is 266 Å². The van der Waals surface area contributed by atoms with Crippen LogP contribution in [0.1, 0.15) is 72.3 Å². The van der Waals surface area contributed by atoms with E-state index in [0.717, 1.165) is 5.56 Å². The summed E-state index contributed by atoms with van der Waals surface area (Å²) in [6.45, 7) is 9.47. The predicted molar refractivity (Wildman–Crippen MR) is 174 cm³/mol. The molecule has 45 heavy (non-hydrogen) atoms. The van der Waals surface area contributed by atoms with Gasteiger partial charge in [0.1, 0.15) is 24.2 Å². The number of hydrogen-bond acceptors (Lipinski definition) is 7. The van der Waals surface area contributed by atoms with Gasteiger partial charge < -0.3 is 44.2 Å². The summed E-state index contributed by atoms with van der Waals surface area (Å²) in [5.74, 6) is -2.93. The van der Waals surface area contributed by atoms with E-state index in [1.807, 2.05) is 58.0 Å². The number of carbonyl (C=O) groups excluding carboxylic acids is 5. The monoisotopic (exact) mass is 631 g/mol. The highest BCUT2D eigenvalue weighted by atomic mass is 16.2. The van der Waals surface area contributed by atoms with Gasteiger partial charge in [-0.1, -0.05) is 58.0 Å². The molecule has 5 atom stereocenters. The molecule has 14 nitrogen and oxygen atoms in total. The third-order valence-electron chi connectivity index (χ3n) is 6.86. The smallest absolute Gasteiger partial charge is 0.243 e. The molecule has 0 aliphatic heterocycles. The fraction of sp³-hybridized carbons (Fsp3) is 0.613. The predicted octanol–water partition coefficient (Wildman–Crippen LogP) is -0.463. The minimum absolute atomic E-state index is 0.00264. The van der Waals surface area contributed by atoms with E-state index in [1.165, 1.54) is 6.92 Å². The number of unbranched alkanes of at least 4 members (excludes halogenated alkanes) is 1. The van der Waals surface area contributed by atoms with E-state index in [2.05, 4.69) is 26.3 Å². The Bertz CT molecular complexity index is 1140. The van der Waals surface area contributed by atoms with Gasteiger partial charge >= 0.3 is 0 Å². The lowest BCUT2D eigenvalue weighted by atomic mass is 9.98. The van der Waals surface area contributed by atoms with E-state index < -0.39 is 59.7 Å². The van der Waals surface area contributed by atoms with Crippen molar-refractivity contribution < 1.29 is 24.0 Å². The molecule has 0 saturated carbocycles. The number of nitrogens with two attached hydrogens (primary N) is 4. The van der Waals surface area contributed by atoms with Crippen LogP contribution in [0.4, 0.5) is 0 Å². The van der Waals surface area contributed by atoms with Gasteiger partial charge in [0, 0.05) is 13.0 Å². The lowest BCUT2D eigenvalue weighted by Gasteiger charge is -2.28. The number of carbonyl (C=O) groups is 5. The molecule has 0 aliphatic carbocycles. The zero-order chi connectivity index (χ0) is 34.1. The summed E-state index contributed by atoms with van der Waals surface area (Å²) in [5.41, 5.74) is 22.7. The van der Waals surface area contributed by atoms with Crippen molar-refractivity contribution in [2.75, 3.05) is 6.54 Å². The molecule has 14 heteroatoms. The number of aliphatic imine (C=N–C) groups is 1. The molecule has 0 fully saturated rings. The van der Waals surface area contributed by atoms with Gasteiger partial charge in [0.2, 0.25) is 29.5 Å². The Morgan fingerprint density at radius 1 is 0.667 bits per heavy atom. The largest absolute Gasteiger partial charge is 0.370 e. The van der Waals surface area contributed by atoms with Gasteiger partial charge in [0.25, 0.3) is 0 Å². The third-order valence-corrected chi connectivity index (χ3v) is 6.86. The molecule has 0 unspecified atom stereocenters. The van der Waals surface area contributed by atoms with Crippen LogP contribution in [0.15, 0.2) is 35.3 Å². The Morgan fingerprint density at radius 3 is 1.58 bits per heavy atom. The van der Waals surface area contributed by atoms with Crippen LogP contribution in [0.25, 0.3) is 0 Å². The first kappa shape index (κ1) is 38.8. The number of hydrogen-bond donors (Lipinski definition) is 8. The number of guanidine groups is 1. The average Bonchev–Trinajstić information content (AvgIpc) is 2.94. The van der Waals surface area contributed by atoms with Crippen molar-refractivity contribution in [3.05, 3.63) is 35.9 Å². The molecule has 0 heterocycles. The van der Waals surface area contributed by atoms with Crippen LogP contribution in [0.2, 0.25) is 0 Å². The van der Waals surface area contributed by atoms with Crippen molar-refractivity contribution in [3.63, 3.8) is 0 Å². The quantitative estimate of drug-likeness (QED) is 0.0530.